The number of hydrogen-bond donors (Lipinski definition) is 2. The van der Waals surface area contributed by atoms with E-state index < -0.39 is 10.0 Å². The lowest BCUT2D eigenvalue weighted by Gasteiger charge is -2.08. The van der Waals surface area contributed by atoms with Gasteiger partial charge in [0, 0.05) is 11.6 Å². The summed E-state index contributed by atoms with van der Waals surface area (Å²) in [5, 5.41) is 0. The molecule has 2 rings (SSSR count). The van der Waals surface area contributed by atoms with Gasteiger partial charge in [0.1, 0.15) is 4.99 Å². The zero-order chi connectivity index (χ0) is 14.3. The summed E-state index contributed by atoms with van der Waals surface area (Å²) in [6, 6.07) is 7.04. The van der Waals surface area contributed by atoms with Gasteiger partial charge in [-0.05, 0) is 17.4 Å². The van der Waals surface area contributed by atoms with E-state index >= 15 is 0 Å². The monoisotopic (exact) mass is 298 g/mol. The van der Waals surface area contributed by atoms with Gasteiger partial charge in [-0.25, -0.2) is 13.1 Å². The average molecular weight is 298 g/mol. The first-order valence-corrected chi connectivity index (χ1v) is 8.14. The maximum absolute atomic E-state index is 12.0. The topological polar surface area (TPSA) is 72.2 Å². The largest absolute Gasteiger partial charge is 0.389 e. The number of rotatable bonds is 5. The van der Waals surface area contributed by atoms with Gasteiger partial charge in [0.05, 0.1) is 5.75 Å². The van der Waals surface area contributed by atoms with Crippen molar-refractivity contribution in [2.45, 2.75) is 32.1 Å². The van der Waals surface area contributed by atoms with E-state index in [1.54, 1.807) is 24.3 Å². The SMILES string of the molecule is CC1(C)CC1NS(=O)(=O)Cc1ccc(C(N)=S)cc1. The molecule has 0 aliphatic heterocycles. The molecule has 1 aliphatic rings. The summed E-state index contributed by atoms with van der Waals surface area (Å²) in [5.41, 5.74) is 7.05. The van der Waals surface area contributed by atoms with Crippen molar-refractivity contribution in [3.63, 3.8) is 0 Å². The number of sulfonamides is 1. The van der Waals surface area contributed by atoms with Gasteiger partial charge in [0.15, 0.2) is 0 Å². The normalized spacial score (nSPS) is 21.1. The van der Waals surface area contributed by atoms with Crippen molar-refractivity contribution in [3.8, 4) is 0 Å². The van der Waals surface area contributed by atoms with E-state index in [0.29, 0.717) is 4.99 Å². The van der Waals surface area contributed by atoms with E-state index in [1.807, 2.05) is 0 Å². The first kappa shape index (κ1) is 14.4. The summed E-state index contributed by atoms with van der Waals surface area (Å²) in [6.07, 6.45) is 0.895. The summed E-state index contributed by atoms with van der Waals surface area (Å²) < 4.78 is 26.7. The Hall–Kier alpha value is -0.980. The highest BCUT2D eigenvalue weighted by Gasteiger charge is 2.47. The molecule has 0 aromatic heterocycles. The molecule has 0 bridgehead atoms. The minimum absolute atomic E-state index is 0.0167. The maximum atomic E-state index is 12.0. The van der Waals surface area contributed by atoms with Gasteiger partial charge in [0.2, 0.25) is 10.0 Å². The van der Waals surface area contributed by atoms with Crippen molar-refractivity contribution in [1.82, 2.24) is 4.72 Å². The van der Waals surface area contributed by atoms with Crippen LogP contribution in [0, 0.1) is 5.41 Å². The number of hydrogen-bond acceptors (Lipinski definition) is 3. The van der Waals surface area contributed by atoms with Crippen molar-refractivity contribution in [2.75, 3.05) is 0 Å². The predicted molar refractivity (Wildman–Crippen MR) is 80.3 cm³/mol. The fraction of sp³-hybridized carbons (Fsp3) is 0.462. The minimum Gasteiger partial charge on any atom is -0.389 e. The molecule has 0 radical (unpaired) electrons. The Kier molecular flexibility index (Phi) is 3.68. The Balaban J connectivity index is 2.02. The highest BCUT2D eigenvalue weighted by molar-refractivity contribution is 7.88. The highest BCUT2D eigenvalue weighted by Crippen LogP contribution is 2.45. The second-order valence-corrected chi connectivity index (χ2v) is 7.88. The summed E-state index contributed by atoms with van der Waals surface area (Å²) in [5.74, 6) is -0.0167. The van der Waals surface area contributed by atoms with Gasteiger partial charge >= 0.3 is 0 Å². The quantitative estimate of drug-likeness (QED) is 0.809. The number of nitrogens with two attached hydrogens (primary N) is 1. The Bertz CT molecular complexity index is 592. The van der Waals surface area contributed by atoms with Gasteiger partial charge in [-0.15, -0.1) is 0 Å². The molecule has 1 fully saturated rings. The molecule has 1 unspecified atom stereocenters. The zero-order valence-electron chi connectivity index (χ0n) is 11.0. The van der Waals surface area contributed by atoms with Crippen molar-refractivity contribution in [1.29, 1.82) is 0 Å². The van der Waals surface area contributed by atoms with Crippen LogP contribution in [0.2, 0.25) is 0 Å². The lowest BCUT2D eigenvalue weighted by Crippen LogP contribution is -2.29. The number of benzene rings is 1. The zero-order valence-corrected chi connectivity index (χ0v) is 12.6. The van der Waals surface area contributed by atoms with Crippen molar-refractivity contribution < 1.29 is 8.42 Å². The van der Waals surface area contributed by atoms with E-state index in [9.17, 15) is 8.42 Å². The van der Waals surface area contributed by atoms with E-state index in [0.717, 1.165) is 17.5 Å². The van der Waals surface area contributed by atoms with E-state index in [-0.39, 0.29) is 17.2 Å². The van der Waals surface area contributed by atoms with Crippen LogP contribution in [0.5, 0.6) is 0 Å². The molecule has 6 heteroatoms. The molecule has 1 saturated carbocycles. The van der Waals surface area contributed by atoms with Crippen LogP contribution >= 0.6 is 12.2 Å². The fourth-order valence-electron chi connectivity index (χ4n) is 1.91. The second kappa shape index (κ2) is 4.85. The lowest BCUT2D eigenvalue weighted by molar-refractivity contribution is 0.554. The molecule has 4 nitrogen and oxygen atoms in total. The van der Waals surface area contributed by atoms with Crippen LogP contribution in [0.3, 0.4) is 0 Å². The van der Waals surface area contributed by atoms with E-state index in [4.69, 9.17) is 18.0 Å². The smallest absolute Gasteiger partial charge is 0.216 e. The molecule has 1 atom stereocenters. The Morgan fingerprint density at radius 2 is 1.95 bits per heavy atom. The van der Waals surface area contributed by atoms with Gasteiger partial charge in [-0.3, -0.25) is 0 Å². The third-order valence-electron chi connectivity index (χ3n) is 3.43. The van der Waals surface area contributed by atoms with Gasteiger partial charge in [-0.1, -0.05) is 50.3 Å². The van der Waals surface area contributed by atoms with E-state index in [2.05, 4.69) is 18.6 Å². The maximum Gasteiger partial charge on any atom is 0.216 e. The van der Waals surface area contributed by atoms with Gasteiger partial charge in [0.25, 0.3) is 0 Å². The Morgan fingerprint density at radius 1 is 1.42 bits per heavy atom. The summed E-state index contributed by atoms with van der Waals surface area (Å²) in [4.78, 5) is 0.312. The lowest BCUT2D eigenvalue weighted by atomic mass is 10.1. The third-order valence-corrected chi connectivity index (χ3v) is 5.02. The van der Waals surface area contributed by atoms with Crippen LogP contribution < -0.4 is 10.5 Å². The molecule has 0 saturated heterocycles. The van der Waals surface area contributed by atoms with Crippen LogP contribution in [0.25, 0.3) is 0 Å². The molecule has 3 N–H and O–H groups in total. The molecule has 1 aliphatic carbocycles. The number of nitrogens with one attached hydrogen (secondary N) is 1. The van der Waals surface area contributed by atoms with E-state index in [1.165, 1.54) is 0 Å². The summed E-state index contributed by atoms with van der Waals surface area (Å²) >= 11 is 4.85. The second-order valence-electron chi connectivity index (χ2n) is 5.68. The van der Waals surface area contributed by atoms with Crippen molar-refractivity contribution in [2.24, 2.45) is 11.1 Å². The summed E-state index contributed by atoms with van der Waals surface area (Å²) in [6.45, 7) is 4.11. The molecule has 1 aromatic rings. The Labute approximate surface area is 119 Å². The highest BCUT2D eigenvalue weighted by atomic mass is 32.2. The number of thiocarbonyl (C=S) groups is 1. The Morgan fingerprint density at radius 3 is 2.37 bits per heavy atom. The summed E-state index contributed by atoms with van der Waals surface area (Å²) in [7, 11) is -3.29. The van der Waals surface area contributed by atoms with Crippen LogP contribution in [0.4, 0.5) is 0 Å². The molecule has 0 heterocycles. The van der Waals surface area contributed by atoms with Crippen molar-refractivity contribution in [3.05, 3.63) is 35.4 Å². The van der Waals surface area contributed by atoms with Crippen molar-refractivity contribution >= 4 is 27.2 Å². The fourth-order valence-corrected chi connectivity index (χ4v) is 3.60. The molecule has 0 amide bonds. The van der Waals surface area contributed by atoms with Crippen LogP contribution in [0.15, 0.2) is 24.3 Å². The molecular formula is C13H18N2O2S2. The van der Waals surface area contributed by atoms with Crippen LogP contribution in [-0.4, -0.2) is 19.4 Å². The molecule has 1 aromatic carbocycles. The molecule has 19 heavy (non-hydrogen) atoms. The van der Waals surface area contributed by atoms with Gasteiger partial charge < -0.3 is 5.73 Å². The van der Waals surface area contributed by atoms with Crippen LogP contribution in [-0.2, 0) is 15.8 Å². The average Bonchev–Trinajstić information content (AvgIpc) is 2.84. The molecule has 104 valence electrons. The first-order valence-electron chi connectivity index (χ1n) is 6.08. The first-order chi connectivity index (χ1) is 8.70. The van der Waals surface area contributed by atoms with Gasteiger partial charge in [-0.2, -0.15) is 0 Å². The minimum atomic E-state index is -3.29. The standard InChI is InChI=1S/C13H18N2O2S2/c1-13(2)7-11(13)15-19(16,17)8-9-3-5-10(6-4-9)12(14)18/h3-6,11,15H,7-8H2,1-2H3,(H2,14,18). The molecular weight excluding hydrogens is 280 g/mol. The molecule has 0 spiro atoms. The van der Waals surface area contributed by atoms with Crippen LogP contribution in [0.1, 0.15) is 31.4 Å². The predicted octanol–water partition coefficient (Wildman–Crippen LogP) is 1.54. The third kappa shape index (κ3) is 3.75.